The van der Waals surface area contributed by atoms with Gasteiger partial charge in [0.15, 0.2) is 5.79 Å². The third kappa shape index (κ3) is 6.93. The van der Waals surface area contributed by atoms with Crippen molar-refractivity contribution < 1.29 is 19.0 Å². The molecule has 0 radical (unpaired) electrons. The summed E-state index contributed by atoms with van der Waals surface area (Å²) in [5.41, 5.74) is 0.546. The maximum absolute atomic E-state index is 12.1. The Hall–Kier alpha value is -1.65. The lowest BCUT2D eigenvalue weighted by atomic mass is 10.1. The Morgan fingerprint density at radius 3 is 2.58 bits per heavy atom. The van der Waals surface area contributed by atoms with Crippen LogP contribution in [0.3, 0.4) is 0 Å². The average molecular weight is 360 g/mol. The van der Waals surface area contributed by atoms with Crippen molar-refractivity contribution in [1.82, 2.24) is 0 Å². The van der Waals surface area contributed by atoms with E-state index in [9.17, 15) is 4.79 Å². The normalized spacial score (nSPS) is 22.0. The fourth-order valence-corrected chi connectivity index (χ4v) is 3.07. The molecule has 26 heavy (non-hydrogen) atoms. The predicted molar refractivity (Wildman–Crippen MR) is 103 cm³/mol. The first-order valence-corrected chi connectivity index (χ1v) is 9.76. The molecule has 1 fully saturated rings. The van der Waals surface area contributed by atoms with E-state index >= 15 is 0 Å². The fraction of sp³-hybridized carbons (Fsp3) is 0.591. The number of rotatable bonds is 10. The number of allylic oxidation sites excluding steroid dienone is 1. The summed E-state index contributed by atoms with van der Waals surface area (Å²) in [5, 5.41) is 0. The summed E-state index contributed by atoms with van der Waals surface area (Å²) in [4.78, 5) is 12.1. The number of carbonyl (C=O) groups excluding carboxylic acids is 1. The van der Waals surface area contributed by atoms with Gasteiger partial charge in [-0.3, -0.25) is 0 Å². The molecule has 1 saturated heterocycles. The van der Waals surface area contributed by atoms with Crippen LogP contribution in [0, 0.1) is 0 Å². The van der Waals surface area contributed by atoms with Crippen LogP contribution in [0.5, 0.6) is 0 Å². The van der Waals surface area contributed by atoms with Gasteiger partial charge in [0, 0.05) is 0 Å². The zero-order chi connectivity index (χ0) is 18.8. The maximum atomic E-state index is 12.1. The molecular weight excluding hydrogens is 328 g/mol. The molecule has 1 aliphatic heterocycles. The Bertz CT molecular complexity index is 565. The molecule has 144 valence electrons. The minimum absolute atomic E-state index is 0.183. The van der Waals surface area contributed by atoms with Gasteiger partial charge in [-0.2, -0.15) is 0 Å². The van der Waals surface area contributed by atoms with E-state index < -0.39 is 5.79 Å². The molecule has 1 aromatic carbocycles. The first kappa shape index (κ1) is 20.7. The van der Waals surface area contributed by atoms with Crippen LogP contribution in [0.4, 0.5) is 0 Å². The van der Waals surface area contributed by atoms with Crippen LogP contribution in [0.25, 0.3) is 0 Å². The van der Waals surface area contributed by atoms with Crippen molar-refractivity contribution in [3.8, 4) is 0 Å². The summed E-state index contributed by atoms with van der Waals surface area (Å²) in [6.07, 6.45) is 11.1. The molecule has 1 heterocycles. The summed E-state index contributed by atoms with van der Waals surface area (Å²) in [6, 6.07) is 9.00. The van der Waals surface area contributed by atoms with Gasteiger partial charge in [0.1, 0.15) is 18.8 Å². The molecule has 0 saturated carbocycles. The van der Waals surface area contributed by atoms with Gasteiger partial charge in [-0.1, -0.05) is 63.0 Å². The molecule has 1 aromatic rings. The van der Waals surface area contributed by atoms with Crippen molar-refractivity contribution in [3.05, 3.63) is 48.0 Å². The summed E-state index contributed by atoms with van der Waals surface area (Å²) in [7, 11) is 0. The van der Waals surface area contributed by atoms with Crippen LogP contribution < -0.4 is 0 Å². The van der Waals surface area contributed by atoms with Crippen LogP contribution in [0.15, 0.2) is 42.5 Å². The number of hydrogen-bond acceptors (Lipinski definition) is 4. The van der Waals surface area contributed by atoms with Crippen LogP contribution in [-0.2, 0) is 14.2 Å². The SMILES string of the molecule is CCCCCCC/C=C\[C@@H]1OC(C)(C)O[C@H]1COC(=O)c1ccccc1. The van der Waals surface area contributed by atoms with E-state index in [1.54, 1.807) is 12.1 Å². The summed E-state index contributed by atoms with van der Waals surface area (Å²) in [6.45, 7) is 6.18. The van der Waals surface area contributed by atoms with Gasteiger partial charge >= 0.3 is 5.97 Å². The van der Waals surface area contributed by atoms with E-state index in [-0.39, 0.29) is 24.8 Å². The number of esters is 1. The Kier molecular flexibility index (Phi) is 8.33. The Labute approximate surface area is 157 Å². The standard InChI is InChI=1S/C22H32O4/c1-4-5-6-7-8-9-13-16-19-20(26-22(2,3)25-19)17-24-21(23)18-14-11-10-12-15-18/h10-16,19-20H,4-9,17H2,1-3H3/b16-13-/t19-,20-/m0/s1. The number of carbonyl (C=O) groups is 1. The summed E-state index contributed by atoms with van der Waals surface area (Å²) in [5.74, 6) is -1.00. The molecule has 0 amide bonds. The lowest BCUT2D eigenvalue weighted by Crippen LogP contribution is -2.28. The zero-order valence-electron chi connectivity index (χ0n) is 16.3. The maximum Gasteiger partial charge on any atom is 0.338 e. The van der Waals surface area contributed by atoms with E-state index in [0.717, 1.165) is 6.42 Å². The third-order valence-electron chi connectivity index (χ3n) is 4.41. The lowest BCUT2D eigenvalue weighted by molar-refractivity contribution is -0.146. The Balaban J connectivity index is 1.80. The van der Waals surface area contributed by atoms with Gasteiger partial charge in [-0.25, -0.2) is 4.79 Å². The van der Waals surface area contributed by atoms with Crippen LogP contribution in [-0.4, -0.2) is 30.6 Å². The van der Waals surface area contributed by atoms with Crippen LogP contribution in [0.2, 0.25) is 0 Å². The minimum Gasteiger partial charge on any atom is -0.459 e. The van der Waals surface area contributed by atoms with E-state index in [1.165, 1.54) is 32.1 Å². The summed E-state index contributed by atoms with van der Waals surface area (Å²) >= 11 is 0. The molecular formula is C22H32O4. The van der Waals surface area contributed by atoms with Gasteiger partial charge in [0.2, 0.25) is 0 Å². The van der Waals surface area contributed by atoms with Crippen LogP contribution in [0.1, 0.15) is 69.7 Å². The second kappa shape index (κ2) is 10.5. The average Bonchev–Trinajstić information content (AvgIpc) is 2.93. The molecule has 0 unspecified atom stereocenters. The molecule has 4 heteroatoms. The molecule has 0 bridgehead atoms. The second-order valence-electron chi connectivity index (χ2n) is 7.23. The molecule has 2 rings (SSSR count). The number of benzene rings is 1. The Morgan fingerprint density at radius 1 is 1.12 bits per heavy atom. The van der Waals surface area contributed by atoms with E-state index in [2.05, 4.69) is 19.1 Å². The largest absolute Gasteiger partial charge is 0.459 e. The van der Waals surface area contributed by atoms with Crippen molar-refractivity contribution in [3.63, 3.8) is 0 Å². The van der Waals surface area contributed by atoms with Crippen molar-refractivity contribution in [2.24, 2.45) is 0 Å². The molecule has 1 aliphatic rings. The van der Waals surface area contributed by atoms with Gasteiger partial charge in [0.25, 0.3) is 0 Å². The molecule has 4 nitrogen and oxygen atoms in total. The van der Waals surface area contributed by atoms with Gasteiger partial charge in [-0.05, 0) is 38.8 Å². The minimum atomic E-state index is -0.667. The topological polar surface area (TPSA) is 44.8 Å². The highest BCUT2D eigenvalue weighted by Gasteiger charge is 2.40. The smallest absolute Gasteiger partial charge is 0.338 e. The summed E-state index contributed by atoms with van der Waals surface area (Å²) < 4.78 is 17.3. The second-order valence-corrected chi connectivity index (χ2v) is 7.23. The highest BCUT2D eigenvalue weighted by molar-refractivity contribution is 5.89. The molecule has 0 aliphatic carbocycles. The van der Waals surface area contributed by atoms with Crippen molar-refractivity contribution in [2.45, 2.75) is 77.3 Å². The quantitative estimate of drug-likeness (QED) is 0.323. The van der Waals surface area contributed by atoms with E-state index in [1.807, 2.05) is 32.0 Å². The zero-order valence-corrected chi connectivity index (χ0v) is 16.3. The highest BCUT2D eigenvalue weighted by Crippen LogP contribution is 2.29. The Morgan fingerprint density at radius 2 is 1.85 bits per heavy atom. The first-order chi connectivity index (χ1) is 12.5. The monoisotopic (exact) mass is 360 g/mol. The van der Waals surface area contributed by atoms with Gasteiger partial charge < -0.3 is 14.2 Å². The molecule has 0 aromatic heterocycles. The molecule has 2 atom stereocenters. The molecule has 0 spiro atoms. The van der Waals surface area contributed by atoms with E-state index in [4.69, 9.17) is 14.2 Å². The van der Waals surface area contributed by atoms with Crippen molar-refractivity contribution in [1.29, 1.82) is 0 Å². The van der Waals surface area contributed by atoms with Crippen LogP contribution >= 0.6 is 0 Å². The predicted octanol–water partition coefficient (Wildman–Crippen LogP) is 5.28. The van der Waals surface area contributed by atoms with Crippen molar-refractivity contribution in [2.75, 3.05) is 6.61 Å². The number of unbranched alkanes of at least 4 members (excludes halogenated alkanes) is 5. The fourth-order valence-electron chi connectivity index (χ4n) is 3.07. The number of ether oxygens (including phenoxy) is 3. The highest BCUT2D eigenvalue weighted by atomic mass is 16.8. The molecule has 0 N–H and O–H groups in total. The van der Waals surface area contributed by atoms with E-state index in [0.29, 0.717) is 5.56 Å². The van der Waals surface area contributed by atoms with Gasteiger partial charge in [-0.15, -0.1) is 0 Å². The lowest BCUT2D eigenvalue weighted by Gasteiger charge is -2.16. The van der Waals surface area contributed by atoms with Gasteiger partial charge in [0.05, 0.1) is 5.56 Å². The first-order valence-electron chi connectivity index (χ1n) is 9.76. The van der Waals surface area contributed by atoms with Crippen molar-refractivity contribution >= 4 is 5.97 Å². The third-order valence-corrected chi connectivity index (χ3v) is 4.41. The number of hydrogen-bond donors (Lipinski definition) is 0.